The fourth-order valence-corrected chi connectivity index (χ4v) is 2.93. The SMILES string of the molecule is Cc1nsc(N=NC2C(=O)N(C)S(=O)(=O)N(C)C2=O)n1. The summed E-state index contributed by atoms with van der Waals surface area (Å²) in [4.78, 5) is 27.6. The molecule has 0 atom stereocenters. The molecule has 108 valence electrons. The molecular weight excluding hydrogens is 308 g/mol. The number of rotatable bonds is 2. The quantitative estimate of drug-likeness (QED) is 0.533. The van der Waals surface area contributed by atoms with Crippen molar-refractivity contribution in [2.45, 2.75) is 13.0 Å². The maximum Gasteiger partial charge on any atom is 0.330 e. The van der Waals surface area contributed by atoms with Crippen LogP contribution in [0.4, 0.5) is 5.13 Å². The lowest BCUT2D eigenvalue weighted by atomic mass is 10.3. The minimum Gasteiger partial charge on any atom is -0.271 e. The number of aromatic nitrogens is 2. The van der Waals surface area contributed by atoms with Crippen molar-refractivity contribution in [3.63, 3.8) is 0 Å². The van der Waals surface area contributed by atoms with Gasteiger partial charge in [-0.25, -0.2) is 13.6 Å². The molecule has 2 rings (SSSR count). The van der Waals surface area contributed by atoms with Gasteiger partial charge in [0.2, 0.25) is 11.2 Å². The highest BCUT2D eigenvalue weighted by Gasteiger charge is 2.46. The van der Waals surface area contributed by atoms with E-state index >= 15 is 0 Å². The number of hydrogen-bond donors (Lipinski definition) is 0. The molecule has 1 saturated heterocycles. The van der Waals surface area contributed by atoms with Crippen molar-refractivity contribution in [1.29, 1.82) is 0 Å². The van der Waals surface area contributed by atoms with Gasteiger partial charge in [0.1, 0.15) is 5.82 Å². The minimum atomic E-state index is -4.11. The minimum absolute atomic E-state index is 0.182. The molecule has 0 N–H and O–H groups in total. The largest absolute Gasteiger partial charge is 0.330 e. The second kappa shape index (κ2) is 4.86. The van der Waals surface area contributed by atoms with Gasteiger partial charge in [-0.15, -0.1) is 5.11 Å². The van der Waals surface area contributed by atoms with Gasteiger partial charge >= 0.3 is 10.2 Å². The van der Waals surface area contributed by atoms with E-state index in [4.69, 9.17) is 0 Å². The van der Waals surface area contributed by atoms with Crippen LogP contribution in [0.2, 0.25) is 0 Å². The number of carbonyl (C=O) groups is 2. The zero-order valence-electron chi connectivity index (χ0n) is 10.7. The average molecular weight is 318 g/mol. The van der Waals surface area contributed by atoms with E-state index in [1.807, 2.05) is 0 Å². The summed E-state index contributed by atoms with van der Waals surface area (Å²) in [6, 6.07) is -1.53. The lowest BCUT2D eigenvalue weighted by Crippen LogP contribution is -2.58. The van der Waals surface area contributed by atoms with Gasteiger partial charge in [0, 0.05) is 25.6 Å². The lowest BCUT2D eigenvalue weighted by molar-refractivity contribution is -0.139. The van der Waals surface area contributed by atoms with Gasteiger partial charge in [-0.1, -0.05) is 0 Å². The lowest BCUT2D eigenvalue weighted by Gasteiger charge is -2.31. The van der Waals surface area contributed by atoms with Crippen molar-refractivity contribution < 1.29 is 18.0 Å². The molecule has 1 aromatic rings. The number of carbonyl (C=O) groups excluding carboxylic acids is 2. The van der Waals surface area contributed by atoms with Gasteiger partial charge in [0.15, 0.2) is 0 Å². The third-order valence-electron chi connectivity index (χ3n) is 2.56. The van der Waals surface area contributed by atoms with E-state index in [2.05, 4.69) is 19.6 Å². The average Bonchev–Trinajstić information content (AvgIpc) is 2.80. The number of aryl methyl sites for hydroxylation is 1. The first-order valence-corrected chi connectivity index (χ1v) is 7.44. The van der Waals surface area contributed by atoms with E-state index in [-0.39, 0.29) is 5.13 Å². The molecule has 0 bridgehead atoms. The second-order valence-electron chi connectivity index (χ2n) is 3.86. The normalized spacial score (nSPS) is 20.1. The van der Waals surface area contributed by atoms with Gasteiger partial charge in [-0.05, 0) is 6.92 Å². The highest BCUT2D eigenvalue weighted by atomic mass is 32.2. The van der Waals surface area contributed by atoms with Crippen LogP contribution in [0.3, 0.4) is 0 Å². The smallest absolute Gasteiger partial charge is 0.271 e. The van der Waals surface area contributed by atoms with Crippen LogP contribution in [0, 0.1) is 6.92 Å². The van der Waals surface area contributed by atoms with Crippen LogP contribution in [0.1, 0.15) is 5.82 Å². The summed E-state index contributed by atoms with van der Waals surface area (Å²) >= 11 is 0.952. The molecule has 12 heteroatoms. The molecule has 1 fully saturated rings. The Morgan fingerprint density at radius 2 is 1.75 bits per heavy atom. The molecule has 0 spiro atoms. The molecule has 1 aliphatic heterocycles. The molecule has 20 heavy (non-hydrogen) atoms. The summed E-state index contributed by atoms with van der Waals surface area (Å²) in [5.74, 6) is -1.43. The molecule has 10 nitrogen and oxygen atoms in total. The topological polar surface area (TPSA) is 125 Å². The fourth-order valence-electron chi connectivity index (χ4n) is 1.39. The number of hydrogen-bond acceptors (Lipinski definition) is 9. The van der Waals surface area contributed by atoms with Gasteiger partial charge in [0.05, 0.1) is 0 Å². The molecule has 0 aliphatic carbocycles. The van der Waals surface area contributed by atoms with Crippen molar-refractivity contribution in [2.75, 3.05) is 14.1 Å². The number of likely N-dealkylation sites (N-methyl/N-ethyl adjacent to an activating group) is 2. The van der Waals surface area contributed by atoms with Crippen molar-refractivity contribution in [3.8, 4) is 0 Å². The van der Waals surface area contributed by atoms with E-state index in [1.165, 1.54) is 0 Å². The van der Waals surface area contributed by atoms with Crippen molar-refractivity contribution in [2.24, 2.45) is 10.2 Å². The number of azo groups is 1. The predicted molar refractivity (Wildman–Crippen MR) is 67.4 cm³/mol. The highest BCUT2D eigenvalue weighted by molar-refractivity contribution is 7.88. The summed E-state index contributed by atoms with van der Waals surface area (Å²) in [5, 5.41) is 7.41. The molecule has 1 aromatic heterocycles. The van der Waals surface area contributed by atoms with E-state index in [9.17, 15) is 18.0 Å². The van der Waals surface area contributed by atoms with E-state index < -0.39 is 28.1 Å². The summed E-state index contributed by atoms with van der Waals surface area (Å²) in [7, 11) is -2.00. The predicted octanol–water partition coefficient (Wildman–Crippen LogP) is -0.526. The van der Waals surface area contributed by atoms with Gasteiger partial charge in [0.25, 0.3) is 11.8 Å². The Bertz CT molecular complexity index is 668. The molecule has 0 unspecified atom stereocenters. The Balaban J connectivity index is 2.30. The van der Waals surface area contributed by atoms with E-state index in [0.717, 1.165) is 25.6 Å². The Morgan fingerprint density at radius 3 is 2.20 bits per heavy atom. The Hall–Kier alpha value is -1.95. The standard InChI is InChI=1S/C8H10N6O4S2/c1-4-9-8(19-12-4)11-10-5-6(15)13(2)20(17,18)14(3)7(5)16/h5H,1-3H3. The molecule has 0 radical (unpaired) electrons. The first-order valence-electron chi connectivity index (χ1n) is 5.27. The van der Waals surface area contributed by atoms with Crippen LogP contribution < -0.4 is 0 Å². The van der Waals surface area contributed by atoms with Gasteiger partial charge < -0.3 is 0 Å². The third-order valence-corrected chi connectivity index (χ3v) is 4.99. The third kappa shape index (κ3) is 2.27. The van der Waals surface area contributed by atoms with Crippen LogP contribution in [-0.4, -0.2) is 58.3 Å². The zero-order chi connectivity index (χ0) is 15.1. The first-order chi connectivity index (χ1) is 9.25. The molecule has 2 heterocycles. The number of nitrogens with zero attached hydrogens (tertiary/aromatic N) is 6. The van der Waals surface area contributed by atoms with Gasteiger partial charge in [-0.2, -0.15) is 17.9 Å². The number of amides is 2. The maximum absolute atomic E-state index is 11.8. The van der Waals surface area contributed by atoms with Crippen LogP contribution in [0.15, 0.2) is 10.2 Å². The van der Waals surface area contributed by atoms with Crippen LogP contribution in [0.25, 0.3) is 0 Å². The molecular formula is C8H10N6O4S2. The molecule has 2 amide bonds. The van der Waals surface area contributed by atoms with Crippen molar-refractivity contribution in [1.82, 2.24) is 18.0 Å². The van der Waals surface area contributed by atoms with Crippen molar-refractivity contribution in [3.05, 3.63) is 5.82 Å². The van der Waals surface area contributed by atoms with Gasteiger partial charge in [-0.3, -0.25) is 9.59 Å². The molecule has 1 aliphatic rings. The van der Waals surface area contributed by atoms with Crippen LogP contribution in [0.5, 0.6) is 0 Å². The second-order valence-corrected chi connectivity index (χ2v) is 6.58. The summed E-state index contributed by atoms with van der Waals surface area (Å²) in [6.45, 7) is 1.65. The fraction of sp³-hybridized carbons (Fsp3) is 0.500. The summed E-state index contributed by atoms with van der Waals surface area (Å²) < 4.78 is 28.1. The summed E-state index contributed by atoms with van der Waals surface area (Å²) in [6.07, 6.45) is 0. The Morgan fingerprint density at radius 1 is 1.20 bits per heavy atom. The Kier molecular flexibility index (Phi) is 3.52. The van der Waals surface area contributed by atoms with Crippen LogP contribution in [-0.2, 0) is 19.8 Å². The Labute approximate surface area is 118 Å². The van der Waals surface area contributed by atoms with Crippen LogP contribution >= 0.6 is 11.5 Å². The first kappa shape index (κ1) is 14.5. The summed E-state index contributed by atoms with van der Waals surface area (Å²) in [5.41, 5.74) is 0. The monoisotopic (exact) mass is 318 g/mol. The molecule has 0 saturated carbocycles. The van der Waals surface area contributed by atoms with Crippen molar-refractivity contribution >= 4 is 38.7 Å². The molecule has 0 aromatic carbocycles. The highest BCUT2D eigenvalue weighted by Crippen LogP contribution is 2.20. The zero-order valence-corrected chi connectivity index (χ0v) is 12.3. The maximum atomic E-state index is 11.8. The van der Waals surface area contributed by atoms with E-state index in [1.54, 1.807) is 6.92 Å². The van der Waals surface area contributed by atoms with E-state index in [0.29, 0.717) is 14.4 Å².